The van der Waals surface area contributed by atoms with Crippen LogP contribution in [0.4, 0.5) is 33.3 Å². The monoisotopic (exact) mass is 488 g/mol. The number of anilines is 2. The Morgan fingerprint density at radius 2 is 1.85 bits per heavy atom. The van der Waals surface area contributed by atoms with Gasteiger partial charge in [-0.2, -0.15) is 22.0 Å². The van der Waals surface area contributed by atoms with E-state index >= 15 is 0 Å². The Morgan fingerprint density at radius 3 is 2.45 bits per heavy atom. The molecule has 0 unspecified atom stereocenters. The zero-order chi connectivity index (χ0) is 24.6. The zero-order valence-corrected chi connectivity index (χ0v) is 18.9. The fourth-order valence-corrected chi connectivity index (χ4v) is 4.10. The van der Waals surface area contributed by atoms with Crippen LogP contribution >= 0.6 is 11.8 Å². The van der Waals surface area contributed by atoms with E-state index in [2.05, 4.69) is 9.97 Å². The van der Waals surface area contributed by atoms with Gasteiger partial charge in [-0.05, 0) is 29.9 Å². The smallest absolute Gasteiger partial charge is 0.314 e. The van der Waals surface area contributed by atoms with Crippen LogP contribution in [-0.2, 0) is 16.0 Å². The minimum Gasteiger partial charge on any atom is -0.314 e. The van der Waals surface area contributed by atoms with Crippen LogP contribution in [0.25, 0.3) is 11.4 Å². The molecule has 0 radical (unpaired) electrons. The molecular weight excluding hydrogens is 467 g/mol. The van der Waals surface area contributed by atoms with E-state index in [-0.39, 0.29) is 24.4 Å². The van der Waals surface area contributed by atoms with Gasteiger partial charge in [0.1, 0.15) is 5.69 Å². The average molecular weight is 488 g/mol. The molecule has 3 rings (SSSR count). The Kier molecular flexibility index (Phi) is 6.96. The lowest BCUT2D eigenvalue weighted by molar-refractivity contribution is -0.276. The number of carbonyl (C=O) groups excluding carboxylic acids is 2. The summed E-state index contributed by atoms with van der Waals surface area (Å²) in [4.78, 5) is 35.1. The number of thioether (sulfide) groups is 1. The van der Waals surface area contributed by atoms with Crippen molar-refractivity contribution >= 4 is 35.0 Å². The molecule has 0 saturated carbocycles. The summed E-state index contributed by atoms with van der Waals surface area (Å²) in [5, 5.41) is 0. The zero-order valence-electron chi connectivity index (χ0n) is 18.0. The number of pyridine rings is 2. The summed E-state index contributed by atoms with van der Waals surface area (Å²) in [5.41, 5.74) is 1.80. The van der Waals surface area contributed by atoms with Crippen LogP contribution in [0, 0.1) is 0 Å². The summed E-state index contributed by atoms with van der Waals surface area (Å²) >= 11 is 1.46. The summed E-state index contributed by atoms with van der Waals surface area (Å²) in [7, 11) is 1.61. The predicted octanol–water partition coefficient (Wildman–Crippen LogP) is 4.72. The van der Waals surface area contributed by atoms with Gasteiger partial charge in [-0.3, -0.25) is 19.6 Å². The van der Waals surface area contributed by atoms with Crippen molar-refractivity contribution in [2.24, 2.45) is 0 Å². The Hall–Kier alpha value is -2.76. The molecule has 0 aliphatic carbocycles. The normalized spacial score (nSPS) is 14.3. The van der Waals surface area contributed by atoms with E-state index in [1.165, 1.54) is 29.8 Å². The molecule has 1 aliphatic rings. The molecule has 0 atom stereocenters. The van der Waals surface area contributed by atoms with Gasteiger partial charge in [-0.25, -0.2) is 0 Å². The molecule has 2 aromatic heterocycles. The van der Waals surface area contributed by atoms with Crippen molar-refractivity contribution in [3.63, 3.8) is 0 Å². The molecule has 178 valence electrons. The number of aromatic nitrogens is 2. The fourth-order valence-electron chi connectivity index (χ4n) is 3.29. The first-order valence-corrected chi connectivity index (χ1v) is 11.0. The molecular formula is C21H21F5N4O2S. The van der Waals surface area contributed by atoms with Gasteiger partial charge in [0.15, 0.2) is 0 Å². The summed E-state index contributed by atoms with van der Waals surface area (Å²) in [6.07, 6.45) is -3.16. The minimum atomic E-state index is -5.77. The van der Waals surface area contributed by atoms with Crippen LogP contribution in [0.2, 0.25) is 0 Å². The van der Waals surface area contributed by atoms with Gasteiger partial charge in [0.2, 0.25) is 11.8 Å². The van der Waals surface area contributed by atoms with Crippen molar-refractivity contribution in [3.8, 4) is 11.4 Å². The van der Waals surface area contributed by atoms with E-state index in [9.17, 15) is 31.5 Å². The quantitative estimate of drug-likeness (QED) is 0.435. The number of fused-ring (bicyclic) bond motifs is 1. The second-order valence-corrected chi connectivity index (χ2v) is 8.74. The van der Waals surface area contributed by atoms with E-state index in [0.29, 0.717) is 33.3 Å². The maximum absolute atomic E-state index is 13.6. The number of carbonyl (C=O) groups is 2. The van der Waals surface area contributed by atoms with E-state index in [1.807, 2.05) is 6.92 Å². The molecule has 0 N–H and O–H groups in total. The first-order chi connectivity index (χ1) is 15.4. The molecule has 33 heavy (non-hydrogen) atoms. The van der Waals surface area contributed by atoms with Crippen LogP contribution in [-0.4, -0.2) is 53.2 Å². The number of halogens is 5. The fraction of sp³-hybridized carbons (Fsp3) is 0.429. The van der Waals surface area contributed by atoms with E-state index in [4.69, 9.17) is 0 Å². The topological polar surface area (TPSA) is 66.4 Å². The van der Waals surface area contributed by atoms with Crippen molar-refractivity contribution in [2.45, 2.75) is 43.7 Å². The molecule has 3 heterocycles. The Balaban J connectivity index is 2.00. The highest BCUT2D eigenvalue weighted by Crippen LogP contribution is 2.40. The average Bonchev–Trinajstić information content (AvgIpc) is 2.74. The maximum atomic E-state index is 13.6. The third-order valence-electron chi connectivity index (χ3n) is 5.18. The van der Waals surface area contributed by atoms with Crippen molar-refractivity contribution < 1.29 is 31.5 Å². The first kappa shape index (κ1) is 24.9. The Morgan fingerprint density at radius 1 is 1.15 bits per heavy atom. The van der Waals surface area contributed by atoms with E-state index in [1.54, 1.807) is 19.2 Å². The standard InChI is InChI=1S/C21H21F5N4O2S/c1-4-33-17-8-14(29(3)12(2)31)9-28-19(17)15-7-13-5-6-18(32)30(16(13)10-27-15)11-20(22,23)21(24,25)26/h7-10H,4-6,11H2,1-3H3. The van der Waals surface area contributed by atoms with Crippen LogP contribution in [0.3, 0.4) is 0 Å². The van der Waals surface area contributed by atoms with E-state index in [0.717, 1.165) is 11.1 Å². The van der Waals surface area contributed by atoms with Gasteiger partial charge < -0.3 is 9.80 Å². The summed E-state index contributed by atoms with van der Waals surface area (Å²) in [5.74, 6) is -5.36. The van der Waals surface area contributed by atoms with Gasteiger partial charge in [-0.1, -0.05) is 6.92 Å². The number of aryl methyl sites for hydroxylation is 1. The van der Waals surface area contributed by atoms with Crippen molar-refractivity contribution in [1.82, 2.24) is 9.97 Å². The number of nitrogens with zero attached hydrogens (tertiary/aromatic N) is 4. The van der Waals surface area contributed by atoms with Gasteiger partial charge in [-0.15, -0.1) is 11.8 Å². The third kappa shape index (κ3) is 5.10. The van der Waals surface area contributed by atoms with Crippen molar-refractivity contribution in [1.29, 1.82) is 0 Å². The molecule has 0 aromatic carbocycles. The molecule has 2 aromatic rings. The number of hydrogen-bond donors (Lipinski definition) is 0. The van der Waals surface area contributed by atoms with Crippen LogP contribution < -0.4 is 9.80 Å². The molecule has 0 bridgehead atoms. The summed E-state index contributed by atoms with van der Waals surface area (Å²) < 4.78 is 65.4. The Bertz CT molecular complexity index is 1080. The van der Waals surface area contributed by atoms with Gasteiger partial charge in [0.25, 0.3) is 0 Å². The number of amides is 2. The number of hydrogen-bond acceptors (Lipinski definition) is 5. The number of alkyl halides is 5. The highest BCUT2D eigenvalue weighted by molar-refractivity contribution is 7.99. The molecule has 1 aliphatic heterocycles. The SMILES string of the molecule is CCSc1cc(N(C)C(C)=O)cnc1-c1cc2c(cn1)N(CC(F)(F)C(F)(F)F)C(=O)CC2. The van der Waals surface area contributed by atoms with Gasteiger partial charge in [0, 0.05) is 25.3 Å². The second-order valence-electron chi connectivity index (χ2n) is 7.43. The van der Waals surface area contributed by atoms with Crippen molar-refractivity contribution in [2.75, 3.05) is 29.1 Å². The molecule has 0 spiro atoms. The van der Waals surface area contributed by atoms with Crippen LogP contribution in [0.15, 0.2) is 29.4 Å². The lowest BCUT2D eigenvalue weighted by Gasteiger charge is -2.32. The summed E-state index contributed by atoms with van der Waals surface area (Å²) in [6, 6.07) is 3.33. The highest BCUT2D eigenvalue weighted by Gasteiger charge is 2.59. The largest absolute Gasteiger partial charge is 0.455 e. The third-order valence-corrected chi connectivity index (χ3v) is 6.09. The highest BCUT2D eigenvalue weighted by atomic mass is 32.2. The van der Waals surface area contributed by atoms with Gasteiger partial charge in [0.05, 0.1) is 36.0 Å². The summed E-state index contributed by atoms with van der Waals surface area (Å²) in [6.45, 7) is 1.55. The van der Waals surface area contributed by atoms with Gasteiger partial charge >= 0.3 is 12.1 Å². The lowest BCUT2D eigenvalue weighted by Crippen LogP contribution is -2.50. The van der Waals surface area contributed by atoms with Crippen molar-refractivity contribution in [3.05, 3.63) is 30.1 Å². The molecule has 12 heteroatoms. The molecule has 2 amide bonds. The van der Waals surface area contributed by atoms with E-state index < -0.39 is 24.6 Å². The predicted molar refractivity (Wildman–Crippen MR) is 115 cm³/mol. The Labute approximate surface area is 191 Å². The molecule has 0 saturated heterocycles. The molecule has 0 fully saturated rings. The minimum absolute atomic E-state index is 0.0726. The number of rotatable bonds is 6. The second kappa shape index (κ2) is 9.24. The first-order valence-electron chi connectivity index (χ1n) is 9.97. The maximum Gasteiger partial charge on any atom is 0.455 e. The lowest BCUT2D eigenvalue weighted by atomic mass is 10.0. The van der Waals surface area contributed by atoms with Crippen LogP contribution in [0.5, 0.6) is 0 Å². The van der Waals surface area contributed by atoms with Crippen LogP contribution in [0.1, 0.15) is 25.8 Å². The molecule has 6 nitrogen and oxygen atoms in total.